The van der Waals surface area contributed by atoms with Gasteiger partial charge in [0.2, 0.25) is 0 Å². The summed E-state index contributed by atoms with van der Waals surface area (Å²) >= 11 is 0. The van der Waals surface area contributed by atoms with Crippen molar-refractivity contribution in [2.24, 2.45) is 0 Å². The summed E-state index contributed by atoms with van der Waals surface area (Å²) in [5.74, 6) is 1.18. The maximum Gasteiger partial charge on any atom is 0.153 e. The average Bonchev–Trinajstić information content (AvgIpc) is 2.87. The zero-order valence-corrected chi connectivity index (χ0v) is 8.33. The predicted molar refractivity (Wildman–Crippen MR) is 50.7 cm³/mol. The first kappa shape index (κ1) is 9.78. The van der Waals surface area contributed by atoms with Gasteiger partial charge in [0.15, 0.2) is 5.82 Å². The molecule has 1 unspecified atom stereocenters. The van der Waals surface area contributed by atoms with E-state index in [4.69, 9.17) is 0 Å². The third-order valence-electron chi connectivity index (χ3n) is 2.12. The first-order valence-electron chi connectivity index (χ1n) is 4.71. The number of hydrogen-bond acceptors (Lipinski definition) is 5. The highest BCUT2D eigenvalue weighted by Crippen LogP contribution is 2.11. The minimum absolute atomic E-state index is 0.378. The Bertz CT molecular complexity index is 408. The Hall–Kier alpha value is -1.76. The number of nitrogens with one attached hydrogen (secondary N) is 1. The first-order valence-corrected chi connectivity index (χ1v) is 4.71. The maximum absolute atomic E-state index is 9.79. The van der Waals surface area contributed by atoms with Gasteiger partial charge in [-0.1, -0.05) is 0 Å². The van der Waals surface area contributed by atoms with Crippen molar-refractivity contribution in [3.05, 3.63) is 24.3 Å². The molecule has 0 aliphatic rings. The number of aryl methyl sites for hydroxylation is 1. The quantitative estimate of drug-likeness (QED) is 0.719. The molecule has 7 nitrogen and oxygen atoms in total. The van der Waals surface area contributed by atoms with E-state index in [1.54, 1.807) is 4.68 Å². The van der Waals surface area contributed by atoms with Crippen LogP contribution >= 0.6 is 0 Å². The van der Waals surface area contributed by atoms with E-state index in [1.807, 2.05) is 6.92 Å². The summed E-state index contributed by atoms with van der Waals surface area (Å²) in [5.41, 5.74) is 0. The number of aromatic nitrogens is 6. The molecule has 2 heterocycles. The Balaban J connectivity index is 2.09. The highest BCUT2D eigenvalue weighted by Gasteiger charge is 2.14. The molecule has 2 aromatic heterocycles. The van der Waals surface area contributed by atoms with Crippen molar-refractivity contribution in [1.29, 1.82) is 0 Å². The van der Waals surface area contributed by atoms with E-state index in [-0.39, 0.29) is 0 Å². The fourth-order valence-corrected chi connectivity index (χ4v) is 1.36. The third kappa shape index (κ3) is 2.01. The minimum atomic E-state index is -0.720. The molecular formula is C8H12N6O. The Morgan fingerprint density at radius 1 is 1.47 bits per heavy atom. The highest BCUT2D eigenvalue weighted by atomic mass is 16.3. The van der Waals surface area contributed by atoms with E-state index in [0.29, 0.717) is 12.2 Å². The van der Waals surface area contributed by atoms with Crippen LogP contribution in [0.1, 0.15) is 24.7 Å². The summed E-state index contributed by atoms with van der Waals surface area (Å²) in [4.78, 5) is 7.94. The molecule has 0 aromatic carbocycles. The predicted octanol–water partition coefficient (Wildman–Crippen LogP) is -0.308. The van der Waals surface area contributed by atoms with Gasteiger partial charge in [-0.3, -0.25) is 9.78 Å². The van der Waals surface area contributed by atoms with Crippen molar-refractivity contribution in [3.63, 3.8) is 0 Å². The molecule has 0 radical (unpaired) electrons. The molecule has 80 valence electrons. The molecule has 0 spiro atoms. The number of aliphatic hydroxyl groups excluding tert-OH is 1. The second-order valence-electron chi connectivity index (χ2n) is 3.08. The fraction of sp³-hybridized carbons (Fsp3) is 0.500. The molecule has 0 aliphatic carbocycles. The number of aliphatic hydroxyl groups is 1. The van der Waals surface area contributed by atoms with Crippen LogP contribution in [0.25, 0.3) is 0 Å². The summed E-state index contributed by atoms with van der Waals surface area (Å²) < 4.78 is 1.74. The standard InChI is InChI=1S/C8H12N6O/c1-2-14-7(9-5-12-14)3-6(15)8-10-4-11-13-8/h4-6,15H,2-3H2,1H3,(H,10,11,13). The maximum atomic E-state index is 9.79. The topological polar surface area (TPSA) is 92.5 Å². The second kappa shape index (κ2) is 4.18. The second-order valence-corrected chi connectivity index (χ2v) is 3.08. The zero-order chi connectivity index (χ0) is 10.7. The van der Waals surface area contributed by atoms with E-state index in [9.17, 15) is 5.11 Å². The van der Waals surface area contributed by atoms with Crippen molar-refractivity contribution in [1.82, 2.24) is 29.9 Å². The Labute approximate surface area is 86.2 Å². The first-order chi connectivity index (χ1) is 7.31. The number of hydrogen-bond donors (Lipinski definition) is 2. The number of nitrogens with zero attached hydrogens (tertiary/aromatic N) is 5. The molecule has 0 saturated carbocycles. The van der Waals surface area contributed by atoms with E-state index < -0.39 is 6.10 Å². The van der Waals surface area contributed by atoms with Crippen molar-refractivity contribution in [2.45, 2.75) is 26.0 Å². The fourth-order valence-electron chi connectivity index (χ4n) is 1.36. The van der Waals surface area contributed by atoms with Crippen LogP contribution in [0, 0.1) is 0 Å². The lowest BCUT2D eigenvalue weighted by molar-refractivity contribution is 0.164. The van der Waals surface area contributed by atoms with Gasteiger partial charge in [-0.25, -0.2) is 9.97 Å². The monoisotopic (exact) mass is 208 g/mol. The molecule has 0 fully saturated rings. The minimum Gasteiger partial charge on any atom is -0.385 e. The molecular weight excluding hydrogens is 196 g/mol. The van der Waals surface area contributed by atoms with Crippen LogP contribution in [0.5, 0.6) is 0 Å². The van der Waals surface area contributed by atoms with Gasteiger partial charge in [0.25, 0.3) is 0 Å². The highest BCUT2D eigenvalue weighted by molar-refractivity contribution is 4.95. The zero-order valence-electron chi connectivity index (χ0n) is 8.33. The van der Waals surface area contributed by atoms with Gasteiger partial charge in [0.05, 0.1) is 0 Å². The van der Waals surface area contributed by atoms with Gasteiger partial charge in [-0.15, -0.1) is 0 Å². The van der Waals surface area contributed by atoms with Crippen molar-refractivity contribution in [2.75, 3.05) is 0 Å². The lowest BCUT2D eigenvalue weighted by atomic mass is 10.2. The van der Waals surface area contributed by atoms with Crippen LogP contribution in [0.3, 0.4) is 0 Å². The van der Waals surface area contributed by atoms with Crippen molar-refractivity contribution >= 4 is 0 Å². The Morgan fingerprint density at radius 3 is 3.00 bits per heavy atom. The van der Waals surface area contributed by atoms with E-state index >= 15 is 0 Å². The summed E-state index contributed by atoms with van der Waals surface area (Å²) in [7, 11) is 0. The normalized spacial score (nSPS) is 12.9. The molecule has 15 heavy (non-hydrogen) atoms. The lowest BCUT2D eigenvalue weighted by Gasteiger charge is -2.07. The smallest absolute Gasteiger partial charge is 0.153 e. The molecule has 7 heteroatoms. The molecule has 0 bridgehead atoms. The number of H-pyrrole nitrogens is 1. The largest absolute Gasteiger partial charge is 0.385 e. The van der Waals surface area contributed by atoms with Crippen molar-refractivity contribution < 1.29 is 5.11 Å². The summed E-state index contributed by atoms with van der Waals surface area (Å²) in [6, 6.07) is 0. The molecule has 2 aromatic rings. The van der Waals surface area contributed by atoms with Gasteiger partial charge in [-0.2, -0.15) is 10.2 Å². The summed E-state index contributed by atoms with van der Waals surface area (Å²) in [6.07, 6.45) is 2.50. The number of aromatic amines is 1. The molecule has 0 aliphatic heterocycles. The Morgan fingerprint density at radius 2 is 2.33 bits per heavy atom. The van der Waals surface area contributed by atoms with Crippen LogP contribution in [0.15, 0.2) is 12.7 Å². The van der Waals surface area contributed by atoms with E-state index in [2.05, 4.69) is 25.3 Å². The molecule has 0 amide bonds. The van der Waals surface area contributed by atoms with Gasteiger partial charge in [-0.05, 0) is 6.92 Å². The molecule has 1 atom stereocenters. The van der Waals surface area contributed by atoms with Gasteiger partial charge >= 0.3 is 0 Å². The molecule has 2 N–H and O–H groups in total. The van der Waals surface area contributed by atoms with Crippen molar-refractivity contribution in [3.8, 4) is 0 Å². The van der Waals surface area contributed by atoms with E-state index in [0.717, 1.165) is 12.4 Å². The number of rotatable bonds is 4. The van der Waals surface area contributed by atoms with Gasteiger partial charge in [0.1, 0.15) is 24.6 Å². The Kier molecular flexibility index (Phi) is 2.72. The molecule has 0 saturated heterocycles. The summed E-state index contributed by atoms with van der Waals surface area (Å²) in [5, 5.41) is 20.1. The van der Waals surface area contributed by atoms with Crippen LogP contribution < -0.4 is 0 Å². The SMILES string of the molecule is CCn1ncnc1CC(O)c1ncn[nH]1. The van der Waals surface area contributed by atoms with Crippen LogP contribution in [0.4, 0.5) is 0 Å². The van der Waals surface area contributed by atoms with Crippen LogP contribution in [-0.2, 0) is 13.0 Å². The van der Waals surface area contributed by atoms with Crippen LogP contribution in [0.2, 0.25) is 0 Å². The summed E-state index contributed by atoms with van der Waals surface area (Å²) in [6.45, 7) is 2.71. The van der Waals surface area contributed by atoms with Gasteiger partial charge < -0.3 is 5.11 Å². The van der Waals surface area contributed by atoms with E-state index in [1.165, 1.54) is 12.7 Å². The van der Waals surface area contributed by atoms with Crippen LogP contribution in [-0.4, -0.2) is 35.1 Å². The average molecular weight is 208 g/mol. The molecule has 2 rings (SSSR count). The van der Waals surface area contributed by atoms with Gasteiger partial charge in [0, 0.05) is 13.0 Å². The third-order valence-corrected chi connectivity index (χ3v) is 2.12. The lowest BCUT2D eigenvalue weighted by Crippen LogP contribution is -2.10.